The number of hydrogen-bond acceptors (Lipinski definition) is 3. The normalized spacial score (nSPS) is 12.2. The van der Waals surface area contributed by atoms with Crippen LogP contribution in [-0.2, 0) is 10.0 Å². The van der Waals surface area contributed by atoms with Gasteiger partial charge in [-0.05, 0) is 26.0 Å². The number of fused-ring (bicyclic) bond motifs is 1. The van der Waals surface area contributed by atoms with Crippen molar-refractivity contribution in [2.24, 2.45) is 0 Å². The topological polar surface area (TPSA) is 63.5 Å². The van der Waals surface area contributed by atoms with Crippen LogP contribution in [0.3, 0.4) is 0 Å². The molecule has 0 bridgehead atoms. The molecule has 0 aliphatic carbocycles. The quantitative estimate of drug-likeness (QED) is 0.895. The lowest BCUT2D eigenvalue weighted by Gasteiger charge is -2.05. The predicted octanol–water partition coefficient (Wildman–Crippen LogP) is 1.25. The van der Waals surface area contributed by atoms with E-state index in [1.807, 2.05) is 19.9 Å². The molecule has 0 aliphatic rings. The number of hydrogen-bond donors (Lipinski definition) is 1. The van der Waals surface area contributed by atoms with E-state index in [1.54, 1.807) is 23.6 Å². The molecule has 1 N–H and O–H groups in total. The first kappa shape index (κ1) is 12.1. The average Bonchev–Trinajstić information content (AvgIpc) is 2.61. The number of nitrogens with zero attached hydrogens (tertiary/aromatic N) is 2. The van der Waals surface area contributed by atoms with Crippen molar-refractivity contribution in [2.75, 3.05) is 6.54 Å². The Bertz CT molecular complexity index is 659. The Kier molecular flexibility index (Phi) is 2.92. The second-order valence-electron chi connectivity index (χ2n) is 3.91. The maximum absolute atomic E-state index is 12.0. The van der Waals surface area contributed by atoms with E-state index >= 15 is 0 Å². The van der Waals surface area contributed by atoms with Crippen LogP contribution in [0.4, 0.5) is 0 Å². The summed E-state index contributed by atoms with van der Waals surface area (Å²) in [6.07, 6.45) is 1.72. The Labute approximate surface area is 101 Å². The van der Waals surface area contributed by atoms with Crippen LogP contribution in [0.25, 0.3) is 5.65 Å². The van der Waals surface area contributed by atoms with Crippen LogP contribution in [0.15, 0.2) is 23.2 Å². The fourth-order valence-corrected chi connectivity index (χ4v) is 3.01. The molecule has 0 amide bonds. The molecule has 5 nitrogen and oxygen atoms in total. The van der Waals surface area contributed by atoms with Crippen molar-refractivity contribution >= 4 is 15.7 Å². The molecular formula is C11H15N3O2S. The van der Waals surface area contributed by atoms with E-state index in [0.29, 0.717) is 12.2 Å². The molecule has 0 aromatic carbocycles. The lowest BCUT2D eigenvalue weighted by Crippen LogP contribution is -2.23. The van der Waals surface area contributed by atoms with Gasteiger partial charge in [-0.1, -0.05) is 6.92 Å². The summed E-state index contributed by atoms with van der Waals surface area (Å²) in [5.74, 6) is 0. The second kappa shape index (κ2) is 4.12. The third-order valence-corrected chi connectivity index (χ3v) is 4.09. The number of rotatable bonds is 3. The molecule has 92 valence electrons. The van der Waals surface area contributed by atoms with E-state index in [0.717, 1.165) is 11.4 Å². The maximum atomic E-state index is 12.0. The van der Waals surface area contributed by atoms with Gasteiger partial charge in [0.25, 0.3) is 0 Å². The first-order valence-corrected chi connectivity index (χ1v) is 6.89. The molecule has 2 heterocycles. The van der Waals surface area contributed by atoms with E-state index < -0.39 is 10.0 Å². The van der Waals surface area contributed by atoms with Crippen LogP contribution in [0.1, 0.15) is 18.3 Å². The van der Waals surface area contributed by atoms with Gasteiger partial charge in [-0.3, -0.25) is 0 Å². The van der Waals surface area contributed by atoms with Crippen molar-refractivity contribution in [1.29, 1.82) is 0 Å². The van der Waals surface area contributed by atoms with Crippen molar-refractivity contribution < 1.29 is 8.42 Å². The van der Waals surface area contributed by atoms with E-state index in [1.165, 1.54) is 0 Å². The van der Waals surface area contributed by atoms with E-state index in [2.05, 4.69) is 9.71 Å². The minimum absolute atomic E-state index is 0.228. The van der Waals surface area contributed by atoms with Gasteiger partial charge in [0, 0.05) is 24.1 Å². The largest absolute Gasteiger partial charge is 0.305 e. The molecular weight excluding hydrogens is 238 g/mol. The fraction of sp³-hybridized carbons (Fsp3) is 0.364. The van der Waals surface area contributed by atoms with E-state index in [-0.39, 0.29) is 4.90 Å². The molecule has 0 unspecified atom stereocenters. The van der Waals surface area contributed by atoms with Crippen molar-refractivity contribution in [3.05, 3.63) is 29.7 Å². The van der Waals surface area contributed by atoms with Gasteiger partial charge in [0.1, 0.15) is 4.90 Å². The lowest BCUT2D eigenvalue weighted by atomic mass is 10.3. The van der Waals surface area contributed by atoms with Crippen LogP contribution in [-0.4, -0.2) is 24.3 Å². The zero-order valence-corrected chi connectivity index (χ0v) is 10.9. The summed E-state index contributed by atoms with van der Waals surface area (Å²) in [6.45, 7) is 5.89. The Balaban J connectivity index is 2.73. The Morgan fingerprint density at radius 2 is 2.12 bits per heavy atom. The van der Waals surface area contributed by atoms with Gasteiger partial charge in [0.05, 0.1) is 0 Å². The minimum atomic E-state index is -3.46. The summed E-state index contributed by atoms with van der Waals surface area (Å²) in [6, 6.07) is 3.49. The van der Waals surface area contributed by atoms with Crippen molar-refractivity contribution in [3.63, 3.8) is 0 Å². The van der Waals surface area contributed by atoms with Gasteiger partial charge in [-0.15, -0.1) is 0 Å². The maximum Gasteiger partial charge on any atom is 0.244 e. The minimum Gasteiger partial charge on any atom is -0.305 e. The highest BCUT2D eigenvalue weighted by molar-refractivity contribution is 7.89. The molecule has 2 rings (SSSR count). The molecule has 0 radical (unpaired) electrons. The third kappa shape index (κ3) is 2.05. The van der Waals surface area contributed by atoms with E-state index in [9.17, 15) is 8.42 Å². The summed E-state index contributed by atoms with van der Waals surface area (Å²) < 4.78 is 28.2. The molecule has 0 fully saturated rings. The second-order valence-corrected chi connectivity index (χ2v) is 5.65. The molecule has 0 aliphatic heterocycles. The monoisotopic (exact) mass is 253 g/mol. The highest BCUT2D eigenvalue weighted by Gasteiger charge is 2.19. The number of sulfonamides is 1. The van der Waals surface area contributed by atoms with Crippen molar-refractivity contribution in [2.45, 2.75) is 25.7 Å². The first-order valence-electron chi connectivity index (χ1n) is 5.40. The van der Waals surface area contributed by atoms with Crippen LogP contribution in [0.5, 0.6) is 0 Å². The molecule has 0 saturated heterocycles. The standard InChI is InChI=1S/C11H15N3O2S/c1-4-12-17(15,16)10-5-6-14-9(3)7-8(2)13-11(10)14/h5-7,12H,4H2,1-3H3. The highest BCUT2D eigenvalue weighted by atomic mass is 32.2. The molecule has 17 heavy (non-hydrogen) atoms. The van der Waals surface area contributed by atoms with Gasteiger partial charge in [0.2, 0.25) is 10.0 Å². The van der Waals surface area contributed by atoms with Gasteiger partial charge in [-0.25, -0.2) is 18.1 Å². The molecule has 0 saturated carbocycles. The van der Waals surface area contributed by atoms with Gasteiger partial charge >= 0.3 is 0 Å². The molecule has 2 aromatic heterocycles. The molecule has 0 spiro atoms. The first-order chi connectivity index (χ1) is 7.95. The number of nitrogens with one attached hydrogen (secondary N) is 1. The third-order valence-electron chi connectivity index (χ3n) is 2.53. The Morgan fingerprint density at radius 3 is 2.76 bits per heavy atom. The summed E-state index contributed by atoms with van der Waals surface area (Å²) >= 11 is 0. The lowest BCUT2D eigenvalue weighted by molar-refractivity contribution is 0.584. The molecule has 6 heteroatoms. The summed E-state index contributed by atoms with van der Waals surface area (Å²) in [7, 11) is -3.46. The van der Waals surface area contributed by atoms with Crippen LogP contribution < -0.4 is 4.72 Å². The summed E-state index contributed by atoms with van der Waals surface area (Å²) in [5, 5.41) is 0. The van der Waals surface area contributed by atoms with Crippen molar-refractivity contribution in [3.8, 4) is 0 Å². The predicted molar refractivity (Wildman–Crippen MR) is 65.5 cm³/mol. The number of aromatic nitrogens is 2. The average molecular weight is 253 g/mol. The van der Waals surface area contributed by atoms with Gasteiger partial charge in [0.15, 0.2) is 5.65 Å². The van der Waals surface area contributed by atoms with Crippen molar-refractivity contribution in [1.82, 2.24) is 14.1 Å². The van der Waals surface area contributed by atoms with Crippen LogP contribution >= 0.6 is 0 Å². The van der Waals surface area contributed by atoms with Gasteiger partial charge in [-0.2, -0.15) is 0 Å². The smallest absolute Gasteiger partial charge is 0.244 e. The highest BCUT2D eigenvalue weighted by Crippen LogP contribution is 2.18. The summed E-state index contributed by atoms with van der Waals surface area (Å²) in [4.78, 5) is 4.52. The Hall–Kier alpha value is -1.40. The molecule has 2 aromatic rings. The van der Waals surface area contributed by atoms with Crippen LogP contribution in [0, 0.1) is 13.8 Å². The fourth-order valence-electron chi connectivity index (χ4n) is 1.85. The molecule has 0 atom stereocenters. The Morgan fingerprint density at radius 1 is 1.41 bits per heavy atom. The zero-order chi connectivity index (χ0) is 12.6. The van der Waals surface area contributed by atoms with E-state index in [4.69, 9.17) is 0 Å². The summed E-state index contributed by atoms with van der Waals surface area (Å²) in [5.41, 5.74) is 2.25. The van der Waals surface area contributed by atoms with Crippen LogP contribution in [0.2, 0.25) is 0 Å². The number of aryl methyl sites for hydroxylation is 2. The van der Waals surface area contributed by atoms with Gasteiger partial charge < -0.3 is 4.40 Å². The SMILES string of the molecule is CCNS(=O)(=O)c1ccn2c(C)cc(C)nc12. The zero-order valence-electron chi connectivity index (χ0n) is 10.1.